The Balaban J connectivity index is 1.78. The van der Waals surface area contributed by atoms with Gasteiger partial charge in [0.1, 0.15) is 11.9 Å². The molecule has 0 spiro atoms. The minimum atomic E-state index is -1.20. The molecule has 3 rings (SSSR count). The fourth-order valence-electron chi connectivity index (χ4n) is 4.15. The lowest BCUT2D eigenvalue weighted by molar-refractivity contribution is -0.856. The van der Waals surface area contributed by atoms with Crippen molar-refractivity contribution < 1.29 is 33.7 Å². The highest BCUT2D eigenvalue weighted by Crippen LogP contribution is 2.43. The summed E-state index contributed by atoms with van der Waals surface area (Å²) in [5.74, 6) is -0.303. The first kappa shape index (κ1) is 23.0. The van der Waals surface area contributed by atoms with E-state index in [1.165, 1.54) is 4.90 Å². The van der Waals surface area contributed by atoms with E-state index in [0.717, 1.165) is 17.9 Å². The first-order valence-electron chi connectivity index (χ1n) is 10.5. The van der Waals surface area contributed by atoms with Crippen molar-refractivity contribution in [2.24, 2.45) is 0 Å². The molecule has 3 N–H and O–H groups in total. The average Bonchev–Trinajstić information content (AvgIpc) is 3.00. The number of ether oxygens (including phenoxy) is 4. The highest BCUT2D eigenvalue weighted by Gasteiger charge is 2.57. The number of aliphatic hydroxyl groups is 1. The largest absolute Gasteiger partial charge is 0.497 e. The molecular weight excluding hydrogens is 388 g/mol. The van der Waals surface area contributed by atoms with E-state index < -0.39 is 29.7 Å². The second-order valence-electron chi connectivity index (χ2n) is 8.96. The van der Waals surface area contributed by atoms with Gasteiger partial charge < -0.3 is 34.3 Å². The van der Waals surface area contributed by atoms with Crippen LogP contribution in [0.3, 0.4) is 0 Å². The molecule has 1 aromatic carbocycles. The second-order valence-corrected chi connectivity index (χ2v) is 8.96. The Labute approximate surface area is 178 Å². The summed E-state index contributed by atoms with van der Waals surface area (Å²) >= 11 is 0. The molecule has 30 heavy (non-hydrogen) atoms. The zero-order valence-electron chi connectivity index (χ0n) is 18.6. The Morgan fingerprint density at radius 2 is 2.07 bits per heavy atom. The van der Waals surface area contributed by atoms with Gasteiger partial charge in [0.2, 0.25) is 0 Å². The van der Waals surface area contributed by atoms with E-state index in [0.29, 0.717) is 13.0 Å². The van der Waals surface area contributed by atoms with Gasteiger partial charge in [0.25, 0.3) is 5.91 Å². The summed E-state index contributed by atoms with van der Waals surface area (Å²) in [6, 6.07) is 7.54. The van der Waals surface area contributed by atoms with Crippen molar-refractivity contribution in [1.82, 2.24) is 5.32 Å². The Hall–Kier alpha value is -1.71. The monoisotopic (exact) mass is 423 g/mol. The van der Waals surface area contributed by atoms with E-state index in [1.54, 1.807) is 7.11 Å². The molecule has 1 saturated carbocycles. The van der Waals surface area contributed by atoms with Crippen LogP contribution < -0.4 is 15.0 Å². The SMILES string of the molecule is COc1cccc(CO[C@]2(C(=O)NCC[NH+](C)C)C[C@@H](O)[C@@H]3OC(C)(C)O[C@@H]3C2)c1. The van der Waals surface area contributed by atoms with E-state index in [1.807, 2.05) is 52.2 Å². The quantitative estimate of drug-likeness (QED) is 0.541. The summed E-state index contributed by atoms with van der Waals surface area (Å²) in [6.07, 6.45) is -1.27. The van der Waals surface area contributed by atoms with Crippen molar-refractivity contribution in [2.45, 2.75) is 63.0 Å². The van der Waals surface area contributed by atoms with Gasteiger partial charge >= 0.3 is 0 Å². The van der Waals surface area contributed by atoms with Crippen LogP contribution in [0.5, 0.6) is 5.75 Å². The van der Waals surface area contributed by atoms with Gasteiger partial charge in [-0.15, -0.1) is 0 Å². The number of nitrogens with one attached hydrogen (secondary N) is 2. The normalized spacial score (nSPS) is 30.2. The second kappa shape index (κ2) is 9.20. The third kappa shape index (κ3) is 5.31. The van der Waals surface area contributed by atoms with Crippen LogP contribution in [0.15, 0.2) is 24.3 Å². The van der Waals surface area contributed by atoms with Gasteiger partial charge in [-0.05, 0) is 31.5 Å². The number of benzene rings is 1. The minimum absolute atomic E-state index is 0.151. The molecule has 168 valence electrons. The molecule has 2 fully saturated rings. The summed E-state index contributed by atoms with van der Waals surface area (Å²) in [7, 11) is 5.67. The van der Waals surface area contributed by atoms with Crippen molar-refractivity contribution >= 4 is 5.91 Å². The van der Waals surface area contributed by atoms with Gasteiger partial charge in [-0.3, -0.25) is 4.79 Å². The summed E-state index contributed by atoms with van der Waals surface area (Å²) in [5, 5.41) is 13.8. The van der Waals surface area contributed by atoms with Crippen LogP contribution in [0.1, 0.15) is 32.3 Å². The summed E-state index contributed by atoms with van der Waals surface area (Å²) in [6.45, 7) is 5.17. The first-order chi connectivity index (χ1) is 14.1. The van der Waals surface area contributed by atoms with E-state index in [4.69, 9.17) is 18.9 Å². The van der Waals surface area contributed by atoms with Crippen LogP contribution in [0.2, 0.25) is 0 Å². The topological polar surface area (TPSA) is 90.7 Å². The average molecular weight is 424 g/mol. The maximum atomic E-state index is 13.3. The van der Waals surface area contributed by atoms with Gasteiger partial charge in [-0.1, -0.05) is 12.1 Å². The predicted molar refractivity (Wildman–Crippen MR) is 110 cm³/mol. The Bertz CT molecular complexity index is 740. The van der Waals surface area contributed by atoms with E-state index >= 15 is 0 Å². The molecule has 1 amide bonds. The van der Waals surface area contributed by atoms with E-state index in [9.17, 15) is 9.90 Å². The number of hydrogen-bond acceptors (Lipinski definition) is 6. The fraction of sp³-hybridized carbons (Fsp3) is 0.682. The summed E-state index contributed by atoms with van der Waals surface area (Å²) in [4.78, 5) is 14.5. The molecule has 1 aromatic rings. The number of hydrogen-bond donors (Lipinski definition) is 3. The van der Waals surface area contributed by atoms with Gasteiger partial charge in [-0.25, -0.2) is 0 Å². The minimum Gasteiger partial charge on any atom is -0.497 e. The highest BCUT2D eigenvalue weighted by molar-refractivity contribution is 5.85. The number of aliphatic hydroxyl groups excluding tert-OH is 1. The van der Waals surface area contributed by atoms with Crippen molar-refractivity contribution in [3.05, 3.63) is 29.8 Å². The zero-order valence-corrected chi connectivity index (χ0v) is 18.6. The van der Waals surface area contributed by atoms with Gasteiger partial charge in [0.05, 0.1) is 53.1 Å². The number of rotatable bonds is 8. The molecule has 8 nitrogen and oxygen atoms in total. The Morgan fingerprint density at radius 3 is 2.77 bits per heavy atom. The lowest BCUT2D eigenvalue weighted by Gasteiger charge is -2.42. The third-order valence-electron chi connectivity index (χ3n) is 5.64. The molecule has 1 heterocycles. The molecular formula is C22H35N2O6+. The maximum absolute atomic E-state index is 13.3. The highest BCUT2D eigenvalue weighted by atomic mass is 16.8. The van der Waals surface area contributed by atoms with Crippen LogP contribution in [0, 0.1) is 0 Å². The number of quaternary nitrogens is 1. The molecule has 4 atom stereocenters. The van der Waals surface area contributed by atoms with Crippen LogP contribution >= 0.6 is 0 Å². The van der Waals surface area contributed by atoms with Gasteiger partial charge in [-0.2, -0.15) is 0 Å². The molecule has 1 aliphatic carbocycles. The summed E-state index contributed by atoms with van der Waals surface area (Å²) in [5.41, 5.74) is -0.311. The molecule has 0 unspecified atom stereocenters. The van der Waals surface area contributed by atoms with Crippen molar-refractivity contribution in [2.75, 3.05) is 34.3 Å². The standard InChI is InChI=1S/C22H34N2O6/c1-21(2)29-18-13-22(12-17(25)19(18)30-21,20(26)23-9-10-24(3)4)28-14-15-7-6-8-16(11-15)27-5/h6-8,11,17-19,25H,9-10,12-14H2,1-5H3,(H,23,26)/p+1/t17-,18-,19+,22-/m1/s1. The van der Waals surface area contributed by atoms with Crippen LogP contribution in [0.4, 0.5) is 0 Å². The lowest BCUT2D eigenvalue weighted by atomic mass is 9.78. The maximum Gasteiger partial charge on any atom is 0.252 e. The van der Waals surface area contributed by atoms with Gasteiger partial charge in [0.15, 0.2) is 11.4 Å². The van der Waals surface area contributed by atoms with Crippen molar-refractivity contribution in [1.29, 1.82) is 0 Å². The number of fused-ring (bicyclic) bond motifs is 1. The number of amides is 1. The molecule has 0 aromatic heterocycles. The summed E-state index contributed by atoms with van der Waals surface area (Å²) < 4.78 is 23.4. The van der Waals surface area contributed by atoms with Crippen molar-refractivity contribution in [3.63, 3.8) is 0 Å². The third-order valence-corrected chi connectivity index (χ3v) is 5.64. The molecule has 2 aliphatic rings. The molecule has 1 saturated heterocycles. The van der Waals surface area contributed by atoms with Gasteiger partial charge in [0, 0.05) is 12.8 Å². The Morgan fingerprint density at radius 1 is 1.30 bits per heavy atom. The smallest absolute Gasteiger partial charge is 0.252 e. The predicted octanol–water partition coefficient (Wildman–Crippen LogP) is -0.114. The number of likely N-dealkylation sites (N-methyl/N-ethyl adjacent to an activating group) is 1. The lowest BCUT2D eigenvalue weighted by Crippen LogP contribution is -3.06. The van der Waals surface area contributed by atoms with Crippen molar-refractivity contribution in [3.8, 4) is 5.75 Å². The van der Waals surface area contributed by atoms with Crippen LogP contribution in [-0.2, 0) is 25.6 Å². The molecule has 0 radical (unpaired) electrons. The zero-order chi connectivity index (χ0) is 21.9. The Kier molecular flexibility index (Phi) is 7.04. The number of methoxy groups -OCH3 is 1. The number of carbonyl (C=O) groups is 1. The fourth-order valence-corrected chi connectivity index (χ4v) is 4.15. The number of carbonyl (C=O) groups excluding carboxylic acids is 1. The van der Waals surface area contributed by atoms with E-state index in [-0.39, 0.29) is 18.9 Å². The van der Waals surface area contributed by atoms with Crippen LogP contribution in [0.25, 0.3) is 0 Å². The van der Waals surface area contributed by atoms with Crippen LogP contribution in [-0.4, -0.2) is 75.0 Å². The molecule has 0 bridgehead atoms. The first-order valence-corrected chi connectivity index (χ1v) is 10.5. The molecule has 1 aliphatic heterocycles. The molecule has 8 heteroatoms. The van der Waals surface area contributed by atoms with E-state index in [2.05, 4.69) is 5.32 Å².